The van der Waals surface area contributed by atoms with E-state index in [0.717, 1.165) is 11.1 Å². The molecule has 4 aromatic carbocycles. The normalized spacial score (nSPS) is 12.1. The van der Waals surface area contributed by atoms with E-state index in [4.69, 9.17) is 9.47 Å². The van der Waals surface area contributed by atoms with Crippen molar-refractivity contribution in [1.29, 1.82) is 0 Å². The molecule has 0 bridgehead atoms. The maximum Gasteiger partial charge on any atom is 0.315 e. The first-order valence-electron chi connectivity index (χ1n) is 14.4. The van der Waals surface area contributed by atoms with Crippen molar-refractivity contribution in [3.8, 4) is 0 Å². The van der Waals surface area contributed by atoms with Crippen molar-refractivity contribution >= 4 is 47.0 Å². The Morgan fingerprint density at radius 1 is 0.477 bits per heavy atom. The van der Waals surface area contributed by atoms with Gasteiger partial charge >= 0.3 is 11.9 Å². The van der Waals surface area contributed by atoms with E-state index < -0.39 is 22.4 Å². The van der Waals surface area contributed by atoms with Gasteiger partial charge in [-0.05, 0) is 24.0 Å². The largest absolute Gasteiger partial charge is 0.465 e. The fraction of sp³-hybridized carbons (Fsp3) is 0.222. The molecule has 0 aromatic heterocycles. The zero-order valence-corrected chi connectivity index (χ0v) is 25.8. The number of unbranched alkanes of at least 4 members (excludes halogenated alkanes) is 1. The fourth-order valence-electron chi connectivity index (χ4n) is 4.37. The first-order chi connectivity index (χ1) is 21.5. The van der Waals surface area contributed by atoms with Crippen LogP contribution in [0.4, 0.5) is 0 Å². The van der Waals surface area contributed by atoms with Gasteiger partial charge in [-0.15, -0.1) is 23.5 Å². The van der Waals surface area contributed by atoms with E-state index in [0.29, 0.717) is 24.0 Å². The van der Waals surface area contributed by atoms with Crippen LogP contribution < -0.4 is 0 Å². The number of rotatable bonds is 17. The van der Waals surface area contributed by atoms with E-state index in [9.17, 15) is 19.2 Å². The summed E-state index contributed by atoms with van der Waals surface area (Å²) in [6.45, 7) is 0.381. The van der Waals surface area contributed by atoms with E-state index in [1.807, 2.05) is 97.1 Å². The molecule has 0 aliphatic rings. The molecule has 6 nitrogen and oxygen atoms in total. The number of hydrogen-bond acceptors (Lipinski definition) is 8. The van der Waals surface area contributed by atoms with Crippen LogP contribution in [0.5, 0.6) is 0 Å². The molecule has 0 radical (unpaired) electrons. The van der Waals surface area contributed by atoms with Crippen molar-refractivity contribution in [3.63, 3.8) is 0 Å². The quantitative estimate of drug-likeness (QED) is 0.0674. The molecule has 0 aliphatic heterocycles. The summed E-state index contributed by atoms with van der Waals surface area (Å²) in [7, 11) is 0. The Balaban J connectivity index is 1.16. The molecule has 0 fully saturated rings. The highest BCUT2D eigenvalue weighted by Crippen LogP contribution is 2.33. The standard InChI is InChI=1S/C36H34O6S2/c37-31(25-43-35(29-19-9-3-10-20-29)33(39)27-15-5-1-6-16-27)41-23-13-14-24-42-32(38)26-44-36(30-21-11-4-12-22-30)34(40)28-17-7-2-8-18-28/h1-12,15-22,35-36H,13-14,23-26H2. The molecule has 0 N–H and O–H groups in total. The van der Waals surface area contributed by atoms with Crippen LogP contribution in [-0.2, 0) is 19.1 Å². The van der Waals surface area contributed by atoms with Crippen LogP contribution in [0.3, 0.4) is 0 Å². The zero-order valence-electron chi connectivity index (χ0n) is 24.2. The minimum absolute atomic E-state index is 0.0363. The van der Waals surface area contributed by atoms with Gasteiger partial charge < -0.3 is 9.47 Å². The van der Waals surface area contributed by atoms with Gasteiger partial charge in [-0.3, -0.25) is 19.2 Å². The lowest BCUT2D eigenvalue weighted by molar-refractivity contribution is -0.142. The maximum absolute atomic E-state index is 13.2. The van der Waals surface area contributed by atoms with Gasteiger partial charge in [-0.25, -0.2) is 0 Å². The predicted molar refractivity (Wildman–Crippen MR) is 176 cm³/mol. The summed E-state index contributed by atoms with van der Waals surface area (Å²) in [4.78, 5) is 51.2. The van der Waals surface area contributed by atoms with Crippen LogP contribution in [0.1, 0.15) is 55.2 Å². The Labute approximate surface area is 266 Å². The zero-order chi connectivity index (χ0) is 31.0. The minimum atomic E-state index is -0.520. The lowest BCUT2D eigenvalue weighted by Crippen LogP contribution is -2.16. The molecule has 4 rings (SSSR count). The summed E-state index contributed by atoms with van der Waals surface area (Å²) < 4.78 is 10.7. The molecule has 0 aliphatic carbocycles. The van der Waals surface area contributed by atoms with E-state index in [1.165, 1.54) is 23.5 Å². The molecular weight excluding hydrogens is 593 g/mol. The second-order valence-electron chi connectivity index (χ2n) is 9.81. The summed E-state index contributed by atoms with van der Waals surface area (Å²) in [6.07, 6.45) is 1.06. The maximum atomic E-state index is 13.2. The highest BCUT2D eigenvalue weighted by molar-refractivity contribution is 8.01. The SMILES string of the molecule is O=C(CSC(C(=O)c1ccccc1)c1ccccc1)OCCCCOC(=O)CSC(C(=O)c1ccccc1)c1ccccc1. The van der Waals surface area contributed by atoms with Gasteiger partial charge in [0, 0.05) is 11.1 Å². The molecule has 0 saturated carbocycles. The summed E-state index contributed by atoms with van der Waals surface area (Å²) in [6, 6.07) is 36.9. The number of hydrogen-bond donors (Lipinski definition) is 0. The van der Waals surface area contributed by atoms with Crippen LogP contribution in [-0.4, -0.2) is 48.2 Å². The molecule has 226 valence electrons. The van der Waals surface area contributed by atoms with Crippen LogP contribution in [0.25, 0.3) is 0 Å². The van der Waals surface area contributed by atoms with E-state index in [1.54, 1.807) is 24.3 Å². The lowest BCUT2D eigenvalue weighted by atomic mass is 10.0. The highest BCUT2D eigenvalue weighted by Gasteiger charge is 2.25. The highest BCUT2D eigenvalue weighted by atomic mass is 32.2. The number of thioether (sulfide) groups is 2. The Kier molecular flexibility index (Phi) is 13.3. The molecule has 0 heterocycles. The van der Waals surface area contributed by atoms with Gasteiger partial charge in [-0.2, -0.15) is 0 Å². The topological polar surface area (TPSA) is 86.7 Å². The number of carbonyl (C=O) groups excluding carboxylic acids is 4. The van der Waals surface area contributed by atoms with Gasteiger partial charge in [0.25, 0.3) is 0 Å². The van der Waals surface area contributed by atoms with Crippen LogP contribution in [0.2, 0.25) is 0 Å². The van der Waals surface area contributed by atoms with Crippen molar-refractivity contribution in [2.75, 3.05) is 24.7 Å². The molecular formula is C36H34O6S2. The number of carbonyl (C=O) groups is 4. The van der Waals surface area contributed by atoms with E-state index in [2.05, 4.69) is 0 Å². The third-order valence-corrected chi connectivity index (χ3v) is 9.04. The second kappa shape index (κ2) is 17.9. The van der Waals surface area contributed by atoms with Crippen LogP contribution in [0, 0.1) is 0 Å². The molecule has 0 amide bonds. The molecule has 0 spiro atoms. The third-order valence-electron chi connectivity index (χ3n) is 6.60. The minimum Gasteiger partial charge on any atom is -0.465 e. The summed E-state index contributed by atoms with van der Waals surface area (Å²) in [5.74, 6) is -0.855. The molecule has 0 saturated heterocycles. The Hall–Kier alpha value is -4.14. The van der Waals surface area contributed by atoms with Gasteiger partial charge in [0.15, 0.2) is 11.6 Å². The van der Waals surface area contributed by atoms with E-state index >= 15 is 0 Å². The van der Waals surface area contributed by atoms with Crippen LogP contribution >= 0.6 is 23.5 Å². The van der Waals surface area contributed by atoms with Crippen molar-refractivity contribution < 1.29 is 28.7 Å². The summed E-state index contributed by atoms with van der Waals surface area (Å²) >= 11 is 2.49. The van der Waals surface area contributed by atoms with Crippen molar-refractivity contribution in [1.82, 2.24) is 0 Å². The van der Waals surface area contributed by atoms with Crippen molar-refractivity contribution in [2.45, 2.75) is 23.3 Å². The number of ether oxygens (including phenoxy) is 2. The average molecular weight is 627 g/mol. The Morgan fingerprint density at radius 2 is 0.795 bits per heavy atom. The smallest absolute Gasteiger partial charge is 0.315 e. The first kappa shape index (κ1) is 32.8. The van der Waals surface area contributed by atoms with Gasteiger partial charge in [0.2, 0.25) is 0 Å². The number of benzene rings is 4. The van der Waals surface area contributed by atoms with E-state index in [-0.39, 0.29) is 36.3 Å². The van der Waals surface area contributed by atoms with Crippen molar-refractivity contribution in [2.24, 2.45) is 0 Å². The predicted octanol–water partition coefficient (Wildman–Crippen LogP) is 7.57. The number of esters is 2. The molecule has 2 atom stereocenters. The summed E-state index contributed by atoms with van der Waals surface area (Å²) in [5, 5.41) is -1.04. The van der Waals surface area contributed by atoms with Gasteiger partial charge in [0.05, 0.1) is 35.2 Å². The van der Waals surface area contributed by atoms with Crippen LogP contribution in [0.15, 0.2) is 121 Å². The summed E-state index contributed by atoms with van der Waals surface area (Å²) in [5.41, 5.74) is 2.85. The molecule has 8 heteroatoms. The Bertz CT molecular complexity index is 1370. The molecule has 44 heavy (non-hydrogen) atoms. The molecule has 2 unspecified atom stereocenters. The van der Waals surface area contributed by atoms with Crippen molar-refractivity contribution in [3.05, 3.63) is 144 Å². The Morgan fingerprint density at radius 3 is 1.14 bits per heavy atom. The van der Waals surface area contributed by atoms with Gasteiger partial charge in [-0.1, -0.05) is 121 Å². The second-order valence-corrected chi connectivity index (χ2v) is 12.0. The fourth-order valence-corrected chi connectivity index (χ4v) is 6.42. The monoisotopic (exact) mass is 626 g/mol. The first-order valence-corrected chi connectivity index (χ1v) is 16.5. The average Bonchev–Trinajstić information content (AvgIpc) is 3.08. The lowest BCUT2D eigenvalue weighted by Gasteiger charge is -2.16. The molecule has 4 aromatic rings. The number of Topliss-reactive ketones (excluding diaryl/α,β-unsaturated/α-hetero) is 2. The van der Waals surface area contributed by atoms with Gasteiger partial charge in [0.1, 0.15) is 0 Å². The number of ketones is 2. The third kappa shape index (κ3) is 10.2.